The van der Waals surface area contributed by atoms with Crippen LogP contribution in [0.5, 0.6) is 0 Å². The summed E-state index contributed by atoms with van der Waals surface area (Å²) < 4.78 is 6.07. The topological polar surface area (TPSA) is 45.9 Å². The van der Waals surface area contributed by atoms with E-state index in [4.69, 9.17) is 15.0 Å². The minimum Gasteiger partial charge on any atom is -0.368 e. The lowest BCUT2D eigenvalue weighted by Gasteiger charge is -2.26. The van der Waals surface area contributed by atoms with Gasteiger partial charge in [-0.3, -0.25) is 0 Å². The number of ether oxygens (including phenoxy) is 1. The second-order valence-electron chi connectivity index (χ2n) is 5.36. The summed E-state index contributed by atoms with van der Waals surface area (Å²) in [6.07, 6.45) is 4.57. The highest BCUT2D eigenvalue weighted by atomic mass is 32.1. The Balaban J connectivity index is 1.90. The number of benzene rings is 1. The van der Waals surface area contributed by atoms with E-state index in [1.165, 1.54) is 12.8 Å². The van der Waals surface area contributed by atoms with Crippen LogP contribution in [-0.4, -0.2) is 11.6 Å². The monoisotopic (exact) mass is 298 g/mol. The Morgan fingerprint density at radius 3 is 2.62 bits per heavy atom. The van der Waals surface area contributed by atoms with Crippen molar-refractivity contribution in [2.45, 2.75) is 38.2 Å². The quantitative estimate of drug-likeness (QED) is 0.835. The third kappa shape index (κ3) is 2.72. The van der Waals surface area contributed by atoms with Crippen molar-refractivity contribution in [3.8, 4) is 17.3 Å². The molecule has 3 nitrogen and oxygen atoms in total. The third-order valence-electron chi connectivity index (χ3n) is 4.04. The van der Waals surface area contributed by atoms with E-state index in [1.807, 2.05) is 24.3 Å². The zero-order valence-electron chi connectivity index (χ0n) is 12.1. The van der Waals surface area contributed by atoms with E-state index in [0.29, 0.717) is 5.56 Å². The second kappa shape index (κ2) is 5.97. The summed E-state index contributed by atoms with van der Waals surface area (Å²) in [5.41, 5.74) is 2.55. The van der Waals surface area contributed by atoms with Crippen molar-refractivity contribution in [1.29, 1.82) is 5.26 Å². The molecule has 21 heavy (non-hydrogen) atoms. The summed E-state index contributed by atoms with van der Waals surface area (Å²) in [5, 5.41) is 12.1. The predicted octanol–water partition coefficient (Wildman–Crippen LogP) is 4.49. The molecule has 4 heteroatoms. The van der Waals surface area contributed by atoms with Gasteiger partial charge in [0.05, 0.1) is 17.3 Å². The minimum atomic E-state index is -0.162. The van der Waals surface area contributed by atoms with E-state index in [1.54, 1.807) is 11.3 Å². The lowest BCUT2D eigenvalue weighted by atomic mass is 10.0. The summed E-state index contributed by atoms with van der Waals surface area (Å²) >= 11 is 1.69. The predicted molar refractivity (Wildman–Crippen MR) is 84.0 cm³/mol. The molecule has 0 radical (unpaired) electrons. The fraction of sp³-hybridized carbons (Fsp3) is 0.412. The Hall–Kier alpha value is -1.70. The first-order valence-corrected chi connectivity index (χ1v) is 8.26. The average Bonchev–Trinajstić information content (AvgIpc) is 3.17. The minimum absolute atomic E-state index is 0.162. The number of rotatable bonds is 4. The van der Waals surface area contributed by atoms with Crippen LogP contribution in [0.25, 0.3) is 11.3 Å². The van der Waals surface area contributed by atoms with Crippen LogP contribution >= 0.6 is 11.3 Å². The Kier molecular flexibility index (Phi) is 4.05. The SMILES string of the molecule is CCOC1(c2nc(-c3ccc(C#N)cc3)cs2)CCCC1. The molecule has 0 bridgehead atoms. The van der Waals surface area contributed by atoms with Gasteiger partial charge in [0.25, 0.3) is 0 Å². The Bertz CT molecular complexity index is 648. The standard InChI is InChI=1S/C17H18N2OS/c1-2-20-17(9-3-4-10-17)16-19-15(12-21-16)14-7-5-13(11-18)6-8-14/h5-8,12H,2-4,9-10H2,1H3. The summed E-state index contributed by atoms with van der Waals surface area (Å²) in [6, 6.07) is 9.73. The van der Waals surface area contributed by atoms with Crippen molar-refractivity contribution >= 4 is 11.3 Å². The molecule has 0 saturated heterocycles. The van der Waals surface area contributed by atoms with Crippen molar-refractivity contribution in [1.82, 2.24) is 4.98 Å². The number of nitrogens with zero attached hydrogens (tertiary/aromatic N) is 2. The van der Waals surface area contributed by atoms with Crippen LogP contribution in [0.4, 0.5) is 0 Å². The Labute approximate surface area is 129 Å². The Morgan fingerprint density at radius 1 is 1.29 bits per heavy atom. The van der Waals surface area contributed by atoms with Gasteiger partial charge in [0, 0.05) is 17.6 Å². The van der Waals surface area contributed by atoms with Crippen LogP contribution in [0.15, 0.2) is 29.6 Å². The normalized spacial score (nSPS) is 16.8. The lowest BCUT2D eigenvalue weighted by Crippen LogP contribution is -2.25. The van der Waals surface area contributed by atoms with Crippen LogP contribution < -0.4 is 0 Å². The molecule has 0 spiro atoms. The smallest absolute Gasteiger partial charge is 0.125 e. The molecule has 0 atom stereocenters. The molecule has 1 aliphatic carbocycles. The van der Waals surface area contributed by atoms with Gasteiger partial charge in [-0.05, 0) is 31.9 Å². The lowest BCUT2D eigenvalue weighted by molar-refractivity contribution is -0.0390. The van der Waals surface area contributed by atoms with Crippen LogP contribution in [0.1, 0.15) is 43.2 Å². The molecule has 0 amide bonds. The van der Waals surface area contributed by atoms with E-state index < -0.39 is 0 Å². The first-order valence-electron chi connectivity index (χ1n) is 7.38. The summed E-state index contributed by atoms with van der Waals surface area (Å²) in [5.74, 6) is 0. The molecule has 0 unspecified atom stereocenters. The van der Waals surface area contributed by atoms with E-state index in [0.717, 1.165) is 35.7 Å². The van der Waals surface area contributed by atoms with Gasteiger partial charge in [-0.25, -0.2) is 4.98 Å². The van der Waals surface area contributed by atoms with E-state index in [2.05, 4.69) is 18.4 Å². The maximum atomic E-state index is 8.86. The van der Waals surface area contributed by atoms with Crippen LogP contribution in [-0.2, 0) is 10.3 Å². The number of hydrogen-bond acceptors (Lipinski definition) is 4. The molecule has 1 aliphatic rings. The van der Waals surface area contributed by atoms with Crippen molar-refractivity contribution in [3.63, 3.8) is 0 Å². The van der Waals surface area contributed by atoms with Crippen molar-refractivity contribution in [2.75, 3.05) is 6.61 Å². The summed E-state index contributed by atoms with van der Waals surface area (Å²) in [6.45, 7) is 2.78. The van der Waals surface area contributed by atoms with Crippen LogP contribution in [0.2, 0.25) is 0 Å². The molecule has 0 aliphatic heterocycles. The van der Waals surface area contributed by atoms with Crippen molar-refractivity contribution < 1.29 is 4.74 Å². The first-order chi connectivity index (χ1) is 10.3. The molecule has 2 aromatic rings. The van der Waals surface area contributed by atoms with Crippen LogP contribution in [0.3, 0.4) is 0 Å². The van der Waals surface area contributed by atoms with Gasteiger partial charge in [-0.2, -0.15) is 5.26 Å². The van der Waals surface area contributed by atoms with Gasteiger partial charge in [0.15, 0.2) is 0 Å². The van der Waals surface area contributed by atoms with Gasteiger partial charge in [-0.15, -0.1) is 11.3 Å². The summed E-state index contributed by atoms with van der Waals surface area (Å²) in [7, 11) is 0. The number of thiazole rings is 1. The maximum Gasteiger partial charge on any atom is 0.125 e. The average molecular weight is 298 g/mol. The Morgan fingerprint density at radius 2 is 2.00 bits per heavy atom. The number of nitriles is 1. The molecule has 1 aromatic heterocycles. The fourth-order valence-electron chi connectivity index (χ4n) is 2.97. The second-order valence-corrected chi connectivity index (χ2v) is 6.22. The zero-order valence-corrected chi connectivity index (χ0v) is 12.9. The molecule has 108 valence electrons. The number of aromatic nitrogens is 1. The highest BCUT2D eigenvalue weighted by molar-refractivity contribution is 7.10. The number of hydrogen-bond donors (Lipinski definition) is 0. The van der Waals surface area contributed by atoms with Crippen molar-refractivity contribution in [3.05, 3.63) is 40.2 Å². The van der Waals surface area contributed by atoms with E-state index >= 15 is 0 Å². The fourth-order valence-corrected chi connectivity index (χ4v) is 4.01. The zero-order chi connectivity index (χ0) is 14.7. The molecule has 1 aromatic carbocycles. The first kappa shape index (κ1) is 14.2. The molecule has 3 rings (SSSR count). The molecular weight excluding hydrogens is 280 g/mol. The van der Waals surface area contributed by atoms with Gasteiger partial charge in [0.2, 0.25) is 0 Å². The van der Waals surface area contributed by atoms with Crippen LogP contribution in [0, 0.1) is 11.3 Å². The van der Waals surface area contributed by atoms with Crippen molar-refractivity contribution in [2.24, 2.45) is 0 Å². The van der Waals surface area contributed by atoms with E-state index in [9.17, 15) is 0 Å². The molecule has 1 saturated carbocycles. The highest BCUT2D eigenvalue weighted by Crippen LogP contribution is 2.44. The highest BCUT2D eigenvalue weighted by Gasteiger charge is 2.39. The molecule has 0 N–H and O–H groups in total. The van der Waals surface area contributed by atoms with Gasteiger partial charge < -0.3 is 4.74 Å². The largest absolute Gasteiger partial charge is 0.368 e. The molecule has 1 heterocycles. The van der Waals surface area contributed by atoms with Gasteiger partial charge in [-0.1, -0.05) is 25.0 Å². The third-order valence-corrected chi connectivity index (χ3v) is 5.06. The van der Waals surface area contributed by atoms with E-state index in [-0.39, 0.29) is 5.60 Å². The summed E-state index contributed by atoms with van der Waals surface area (Å²) in [4.78, 5) is 4.82. The van der Waals surface area contributed by atoms with Gasteiger partial charge >= 0.3 is 0 Å². The molecule has 1 fully saturated rings. The van der Waals surface area contributed by atoms with Gasteiger partial charge in [0.1, 0.15) is 10.6 Å². The molecular formula is C17H18N2OS. The maximum absolute atomic E-state index is 8.86.